The van der Waals surface area contributed by atoms with E-state index in [2.05, 4.69) is 15.6 Å². The third-order valence-electron chi connectivity index (χ3n) is 4.02. The lowest BCUT2D eigenvalue weighted by atomic mass is 10.1. The van der Waals surface area contributed by atoms with Gasteiger partial charge in [-0.25, -0.2) is 0 Å². The second kappa shape index (κ2) is 6.70. The Morgan fingerprint density at radius 1 is 1.12 bits per heavy atom. The number of carbonyl (C=O) groups excluding carboxylic acids is 2. The smallest absolute Gasteiger partial charge is 0.253 e. The maximum atomic E-state index is 12.1. The van der Waals surface area contributed by atoms with Gasteiger partial charge in [0.05, 0.1) is 11.6 Å². The van der Waals surface area contributed by atoms with Gasteiger partial charge in [0.15, 0.2) is 0 Å². The van der Waals surface area contributed by atoms with Crippen molar-refractivity contribution in [2.75, 3.05) is 5.32 Å². The van der Waals surface area contributed by atoms with Crippen LogP contribution < -0.4 is 16.2 Å². The molecule has 1 heterocycles. The van der Waals surface area contributed by atoms with Crippen molar-refractivity contribution in [1.29, 1.82) is 0 Å². The van der Waals surface area contributed by atoms with Crippen molar-refractivity contribution in [3.63, 3.8) is 0 Å². The van der Waals surface area contributed by atoms with Crippen LogP contribution in [-0.4, -0.2) is 16.8 Å². The van der Waals surface area contributed by atoms with Gasteiger partial charge in [0.25, 0.3) is 5.91 Å². The molecule has 0 bridgehead atoms. The molecule has 1 fully saturated rings. The van der Waals surface area contributed by atoms with Crippen LogP contribution in [0.5, 0.6) is 0 Å². The Kier molecular flexibility index (Phi) is 4.46. The summed E-state index contributed by atoms with van der Waals surface area (Å²) in [6, 6.07) is 10.0. The zero-order chi connectivity index (χ0) is 17.1. The number of rotatable bonds is 5. The Morgan fingerprint density at radius 3 is 2.42 bits per heavy atom. The molecule has 2 amide bonds. The lowest BCUT2D eigenvalue weighted by Gasteiger charge is -2.15. The monoisotopic (exact) mass is 325 g/mol. The molecule has 1 aromatic heterocycles. The molecule has 0 saturated heterocycles. The van der Waals surface area contributed by atoms with E-state index in [1.165, 1.54) is 18.3 Å². The molecule has 124 valence electrons. The number of carbonyl (C=O) groups is 2. The summed E-state index contributed by atoms with van der Waals surface area (Å²) in [5.41, 5.74) is 1.84. The van der Waals surface area contributed by atoms with Gasteiger partial charge in [-0.3, -0.25) is 14.4 Å². The molecule has 24 heavy (non-hydrogen) atoms. The lowest BCUT2D eigenvalue weighted by Crippen LogP contribution is -2.27. The lowest BCUT2D eigenvalue weighted by molar-refractivity contribution is -0.117. The van der Waals surface area contributed by atoms with Crippen LogP contribution >= 0.6 is 0 Å². The summed E-state index contributed by atoms with van der Waals surface area (Å²) >= 11 is 0. The number of pyridine rings is 1. The van der Waals surface area contributed by atoms with Gasteiger partial charge >= 0.3 is 0 Å². The Bertz CT molecular complexity index is 787. The van der Waals surface area contributed by atoms with Gasteiger partial charge in [0.2, 0.25) is 11.5 Å². The number of benzene rings is 1. The molecule has 1 aliphatic carbocycles. The number of nitrogens with one attached hydrogen (secondary N) is 3. The topological polar surface area (TPSA) is 91.1 Å². The molecule has 1 saturated carbocycles. The van der Waals surface area contributed by atoms with Gasteiger partial charge < -0.3 is 15.6 Å². The molecule has 2 aromatic rings. The van der Waals surface area contributed by atoms with Crippen LogP contribution in [0.3, 0.4) is 0 Å². The molecular formula is C18H19N3O3. The van der Waals surface area contributed by atoms with Gasteiger partial charge in [-0.1, -0.05) is 12.1 Å². The fraction of sp³-hybridized carbons (Fsp3) is 0.278. The normalized spacial score (nSPS) is 14.7. The van der Waals surface area contributed by atoms with Gasteiger partial charge in [-0.05, 0) is 43.5 Å². The quantitative estimate of drug-likeness (QED) is 0.787. The molecule has 6 nitrogen and oxygen atoms in total. The average molecular weight is 325 g/mol. The molecular weight excluding hydrogens is 306 g/mol. The van der Waals surface area contributed by atoms with Gasteiger partial charge in [0.1, 0.15) is 0 Å². The number of H-pyrrole nitrogens is 1. The maximum absolute atomic E-state index is 12.1. The number of anilines is 1. The van der Waals surface area contributed by atoms with E-state index in [1.54, 1.807) is 0 Å². The molecule has 1 aromatic carbocycles. The number of aromatic nitrogens is 1. The van der Waals surface area contributed by atoms with Crippen LogP contribution in [0.1, 0.15) is 41.7 Å². The minimum Gasteiger partial charge on any atom is -0.345 e. The second-order valence-electron chi connectivity index (χ2n) is 6.02. The van der Waals surface area contributed by atoms with E-state index in [0.717, 1.165) is 24.1 Å². The maximum Gasteiger partial charge on any atom is 0.253 e. The van der Waals surface area contributed by atoms with Crippen molar-refractivity contribution >= 4 is 17.5 Å². The molecule has 3 N–H and O–H groups in total. The zero-order valence-corrected chi connectivity index (χ0v) is 13.3. The third kappa shape index (κ3) is 3.90. The van der Waals surface area contributed by atoms with Crippen LogP contribution in [-0.2, 0) is 4.79 Å². The number of hydrogen-bond acceptors (Lipinski definition) is 3. The molecule has 1 aliphatic rings. The summed E-state index contributed by atoms with van der Waals surface area (Å²) < 4.78 is 0. The Hall–Kier alpha value is -2.89. The van der Waals surface area contributed by atoms with Crippen LogP contribution in [0.2, 0.25) is 0 Å². The molecule has 1 unspecified atom stereocenters. The molecule has 6 heteroatoms. The van der Waals surface area contributed by atoms with Crippen LogP contribution in [0.25, 0.3) is 0 Å². The SMILES string of the molecule is CC(NC(=O)c1ccc(=O)[nH]c1)c1ccc(NC(=O)C2CC2)cc1. The first-order chi connectivity index (χ1) is 11.5. The Balaban J connectivity index is 1.60. The molecule has 1 atom stereocenters. The number of aromatic amines is 1. The van der Waals surface area contributed by atoms with Crippen molar-refractivity contribution in [3.05, 3.63) is 64.1 Å². The van der Waals surface area contributed by atoms with E-state index in [9.17, 15) is 14.4 Å². The van der Waals surface area contributed by atoms with Crippen LogP contribution in [0.4, 0.5) is 5.69 Å². The first kappa shape index (κ1) is 16.0. The summed E-state index contributed by atoms with van der Waals surface area (Å²) in [6.07, 6.45) is 3.33. The van der Waals surface area contributed by atoms with Crippen molar-refractivity contribution in [2.24, 2.45) is 5.92 Å². The van der Waals surface area contributed by atoms with E-state index in [-0.39, 0.29) is 29.3 Å². The van der Waals surface area contributed by atoms with Crippen LogP contribution in [0.15, 0.2) is 47.4 Å². The van der Waals surface area contributed by atoms with E-state index in [1.807, 2.05) is 31.2 Å². The largest absolute Gasteiger partial charge is 0.345 e. The highest BCUT2D eigenvalue weighted by Gasteiger charge is 2.29. The van der Waals surface area contributed by atoms with Crippen molar-refractivity contribution in [3.8, 4) is 0 Å². The summed E-state index contributed by atoms with van der Waals surface area (Å²) in [7, 11) is 0. The minimum atomic E-state index is -0.259. The van der Waals surface area contributed by atoms with Crippen molar-refractivity contribution in [1.82, 2.24) is 10.3 Å². The second-order valence-corrected chi connectivity index (χ2v) is 6.02. The third-order valence-corrected chi connectivity index (χ3v) is 4.02. The van der Waals surface area contributed by atoms with Crippen molar-refractivity contribution in [2.45, 2.75) is 25.8 Å². The standard InChI is InChI=1S/C18H19N3O3/c1-11(20-18(24)14-6-9-16(22)19-10-14)12-4-7-15(8-5-12)21-17(23)13-2-3-13/h4-11,13H,2-3H2,1H3,(H,19,22)(H,20,24)(H,21,23). The summed E-state index contributed by atoms with van der Waals surface area (Å²) in [5, 5.41) is 5.75. The van der Waals surface area contributed by atoms with E-state index >= 15 is 0 Å². The van der Waals surface area contributed by atoms with Crippen molar-refractivity contribution < 1.29 is 9.59 Å². The van der Waals surface area contributed by atoms with Gasteiger partial charge in [-0.2, -0.15) is 0 Å². The summed E-state index contributed by atoms with van der Waals surface area (Å²) in [4.78, 5) is 37.4. The highest BCUT2D eigenvalue weighted by atomic mass is 16.2. The van der Waals surface area contributed by atoms with E-state index in [4.69, 9.17) is 0 Å². The zero-order valence-electron chi connectivity index (χ0n) is 13.3. The predicted octanol–water partition coefficient (Wildman–Crippen LogP) is 2.21. The number of hydrogen-bond donors (Lipinski definition) is 3. The van der Waals surface area contributed by atoms with E-state index in [0.29, 0.717) is 5.56 Å². The fourth-order valence-corrected chi connectivity index (χ4v) is 2.36. The van der Waals surface area contributed by atoms with E-state index < -0.39 is 0 Å². The highest BCUT2D eigenvalue weighted by Crippen LogP contribution is 2.30. The fourth-order valence-electron chi connectivity index (χ4n) is 2.36. The molecule has 3 rings (SSSR count). The molecule has 0 spiro atoms. The minimum absolute atomic E-state index is 0.0715. The number of amides is 2. The molecule has 0 radical (unpaired) electrons. The van der Waals surface area contributed by atoms with Crippen LogP contribution in [0, 0.1) is 5.92 Å². The van der Waals surface area contributed by atoms with Gasteiger partial charge in [0, 0.05) is 23.9 Å². The highest BCUT2D eigenvalue weighted by molar-refractivity contribution is 5.94. The predicted molar refractivity (Wildman–Crippen MR) is 90.7 cm³/mol. The van der Waals surface area contributed by atoms with Gasteiger partial charge in [-0.15, -0.1) is 0 Å². The summed E-state index contributed by atoms with van der Waals surface area (Å²) in [6.45, 7) is 1.88. The first-order valence-corrected chi connectivity index (χ1v) is 7.93. The summed E-state index contributed by atoms with van der Waals surface area (Å²) in [5.74, 6) is -0.0211. The molecule has 0 aliphatic heterocycles. The Morgan fingerprint density at radius 2 is 1.83 bits per heavy atom. The first-order valence-electron chi connectivity index (χ1n) is 7.93. The average Bonchev–Trinajstić information content (AvgIpc) is 3.41. The Labute approximate surface area is 139 Å².